The fourth-order valence-corrected chi connectivity index (χ4v) is 2.77. The fourth-order valence-electron chi connectivity index (χ4n) is 2.14. The van der Waals surface area contributed by atoms with Crippen molar-refractivity contribution in [2.75, 3.05) is 26.0 Å². The molecule has 7 nitrogen and oxygen atoms in total. The molecule has 2 rings (SSSR count). The molecular formula is C15H19NO6S. The molecule has 8 heteroatoms. The van der Waals surface area contributed by atoms with Gasteiger partial charge in [-0.15, -0.1) is 0 Å². The van der Waals surface area contributed by atoms with Crippen LogP contribution in [0.4, 0.5) is 0 Å². The van der Waals surface area contributed by atoms with Crippen LogP contribution in [0.3, 0.4) is 0 Å². The SMILES string of the molecule is CS(=O)(=O)c1ccc(C(=O)OCC(=O)NC[C@@H]2CCCO2)cc1. The summed E-state index contributed by atoms with van der Waals surface area (Å²) in [6.07, 6.45) is 3.00. The molecule has 1 aliphatic heterocycles. The largest absolute Gasteiger partial charge is 0.452 e. The minimum Gasteiger partial charge on any atom is -0.452 e. The highest BCUT2D eigenvalue weighted by atomic mass is 32.2. The lowest BCUT2D eigenvalue weighted by Crippen LogP contribution is -2.34. The van der Waals surface area contributed by atoms with Gasteiger partial charge in [0.15, 0.2) is 16.4 Å². The lowest BCUT2D eigenvalue weighted by atomic mass is 10.2. The van der Waals surface area contributed by atoms with Gasteiger partial charge in [0, 0.05) is 19.4 Å². The van der Waals surface area contributed by atoms with Gasteiger partial charge < -0.3 is 14.8 Å². The second-order valence-electron chi connectivity index (χ2n) is 5.31. The third-order valence-electron chi connectivity index (χ3n) is 3.40. The molecule has 1 heterocycles. The predicted molar refractivity (Wildman–Crippen MR) is 81.8 cm³/mol. The summed E-state index contributed by atoms with van der Waals surface area (Å²) < 4.78 is 32.9. The van der Waals surface area contributed by atoms with Crippen LogP contribution in [0.25, 0.3) is 0 Å². The van der Waals surface area contributed by atoms with Gasteiger partial charge in [0.1, 0.15) is 0 Å². The molecular weight excluding hydrogens is 322 g/mol. The Hall–Kier alpha value is -1.93. The maximum atomic E-state index is 11.8. The normalized spacial score (nSPS) is 17.7. The smallest absolute Gasteiger partial charge is 0.338 e. The maximum absolute atomic E-state index is 11.8. The van der Waals surface area contributed by atoms with Crippen molar-refractivity contribution in [2.24, 2.45) is 0 Å². The van der Waals surface area contributed by atoms with Crippen molar-refractivity contribution in [1.29, 1.82) is 0 Å². The molecule has 1 amide bonds. The first-order chi connectivity index (χ1) is 10.9. The van der Waals surface area contributed by atoms with E-state index in [1.165, 1.54) is 24.3 Å². The molecule has 0 aliphatic carbocycles. The van der Waals surface area contributed by atoms with Crippen molar-refractivity contribution < 1.29 is 27.5 Å². The Morgan fingerprint density at radius 1 is 1.30 bits per heavy atom. The van der Waals surface area contributed by atoms with E-state index in [0.29, 0.717) is 13.2 Å². The number of nitrogens with one attached hydrogen (secondary N) is 1. The van der Waals surface area contributed by atoms with E-state index < -0.39 is 21.7 Å². The zero-order chi connectivity index (χ0) is 16.9. The summed E-state index contributed by atoms with van der Waals surface area (Å²) in [7, 11) is -3.31. The molecule has 1 saturated heterocycles. The number of sulfone groups is 1. The van der Waals surface area contributed by atoms with Crippen LogP contribution in [0.5, 0.6) is 0 Å². The third kappa shape index (κ3) is 5.33. The average Bonchev–Trinajstić information content (AvgIpc) is 3.03. The Bertz CT molecular complexity index is 662. The van der Waals surface area contributed by atoms with Gasteiger partial charge >= 0.3 is 5.97 Å². The van der Waals surface area contributed by atoms with E-state index in [1.54, 1.807) is 0 Å². The van der Waals surface area contributed by atoms with Gasteiger partial charge in [0.05, 0.1) is 16.6 Å². The van der Waals surface area contributed by atoms with Crippen LogP contribution < -0.4 is 5.32 Å². The van der Waals surface area contributed by atoms with Crippen LogP contribution in [0, 0.1) is 0 Å². The van der Waals surface area contributed by atoms with Crippen LogP contribution >= 0.6 is 0 Å². The molecule has 1 atom stereocenters. The maximum Gasteiger partial charge on any atom is 0.338 e. The summed E-state index contributed by atoms with van der Waals surface area (Å²) in [5, 5.41) is 2.64. The van der Waals surface area contributed by atoms with Crippen molar-refractivity contribution in [1.82, 2.24) is 5.32 Å². The van der Waals surface area contributed by atoms with Crippen LogP contribution in [0.15, 0.2) is 29.2 Å². The Balaban J connectivity index is 1.78. The lowest BCUT2D eigenvalue weighted by molar-refractivity contribution is -0.124. The second kappa shape index (κ2) is 7.56. The highest BCUT2D eigenvalue weighted by Crippen LogP contribution is 2.12. The van der Waals surface area contributed by atoms with E-state index in [2.05, 4.69) is 5.32 Å². The molecule has 0 aromatic heterocycles. The topological polar surface area (TPSA) is 98.8 Å². The average molecular weight is 341 g/mol. The summed E-state index contributed by atoms with van der Waals surface area (Å²) in [6, 6.07) is 5.35. The standard InChI is InChI=1S/C15H19NO6S/c1-23(19,20)13-6-4-11(5-7-13)15(18)22-10-14(17)16-9-12-3-2-8-21-12/h4-7,12H,2-3,8-10H2,1H3,(H,16,17)/t12-/m0/s1. The van der Waals surface area contributed by atoms with E-state index in [1.807, 2.05) is 0 Å². The molecule has 1 aromatic carbocycles. The number of ether oxygens (including phenoxy) is 2. The lowest BCUT2D eigenvalue weighted by Gasteiger charge is -2.11. The Labute approximate surface area is 134 Å². The molecule has 1 N–H and O–H groups in total. The summed E-state index contributed by atoms with van der Waals surface area (Å²) in [6.45, 7) is 0.720. The van der Waals surface area contributed by atoms with Gasteiger partial charge in [-0.1, -0.05) is 0 Å². The van der Waals surface area contributed by atoms with E-state index in [4.69, 9.17) is 9.47 Å². The van der Waals surface area contributed by atoms with E-state index in [-0.39, 0.29) is 23.2 Å². The zero-order valence-electron chi connectivity index (χ0n) is 12.8. The molecule has 1 aliphatic rings. The number of rotatable bonds is 6. The van der Waals surface area contributed by atoms with Gasteiger partial charge in [-0.25, -0.2) is 13.2 Å². The minimum absolute atomic E-state index is 0.0261. The monoisotopic (exact) mass is 341 g/mol. The first-order valence-electron chi connectivity index (χ1n) is 7.22. The molecule has 23 heavy (non-hydrogen) atoms. The number of amides is 1. The zero-order valence-corrected chi connectivity index (χ0v) is 13.6. The summed E-state index contributed by atoms with van der Waals surface area (Å²) in [5.41, 5.74) is 0.185. The van der Waals surface area contributed by atoms with Gasteiger partial charge in [-0.2, -0.15) is 0 Å². The number of hydrogen-bond acceptors (Lipinski definition) is 6. The van der Waals surface area contributed by atoms with Crippen LogP contribution in [0.2, 0.25) is 0 Å². The quantitative estimate of drug-likeness (QED) is 0.758. The van der Waals surface area contributed by atoms with Gasteiger partial charge in [-0.05, 0) is 37.1 Å². The second-order valence-corrected chi connectivity index (χ2v) is 7.33. The number of esters is 1. The van der Waals surface area contributed by atoms with Crippen molar-refractivity contribution in [2.45, 2.75) is 23.8 Å². The predicted octanol–water partition coefficient (Wildman–Crippen LogP) is 0.542. The number of carbonyl (C=O) groups excluding carboxylic acids is 2. The fraction of sp³-hybridized carbons (Fsp3) is 0.467. The van der Waals surface area contributed by atoms with Crippen LogP contribution in [0.1, 0.15) is 23.2 Å². The molecule has 0 radical (unpaired) electrons. The molecule has 0 bridgehead atoms. The molecule has 0 unspecified atom stereocenters. The number of carbonyl (C=O) groups is 2. The number of hydrogen-bond donors (Lipinski definition) is 1. The Morgan fingerprint density at radius 2 is 2.00 bits per heavy atom. The first kappa shape index (κ1) is 17.4. The highest BCUT2D eigenvalue weighted by Gasteiger charge is 2.17. The molecule has 0 saturated carbocycles. The molecule has 0 spiro atoms. The van der Waals surface area contributed by atoms with Crippen molar-refractivity contribution in [3.05, 3.63) is 29.8 Å². The van der Waals surface area contributed by atoms with Crippen LogP contribution in [-0.4, -0.2) is 52.4 Å². The summed E-state index contributed by atoms with van der Waals surface area (Å²) >= 11 is 0. The van der Waals surface area contributed by atoms with Gasteiger partial charge in [0.2, 0.25) is 0 Å². The van der Waals surface area contributed by atoms with E-state index in [9.17, 15) is 18.0 Å². The molecule has 1 fully saturated rings. The van der Waals surface area contributed by atoms with Crippen molar-refractivity contribution in [3.8, 4) is 0 Å². The molecule has 1 aromatic rings. The highest BCUT2D eigenvalue weighted by molar-refractivity contribution is 7.90. The third-order valence-corrected chi connectivity index (χ3v) is 4.53. The Morgan fingerprint density at radius 3 is 2.57 bits per heavy atom. The molecule has 126 valence electrons. The first-order valence-corrected chi connectivity index (χ1v) is 9.11. The minimum atomic E-state index is -3.31. The van der Waals surface area contributed by atoms with E-state index in [0.717, 1.165) is 19.1 Å². The van der Waals surface area contributed by atoms with Crippen molar-refractivity contribution >= 4 is 21.7 Å². The van der Waals surface area contributed by atoms with Gasteiger partial charge in [-0.3, -0.25) is 4.79 Å². The summed E-state index contributed by atoms with van der Waals surface area (Å²) in [5.74, 6) is -1.08. The summed E-state index contributed by atoms with van der Waals surface area (Å²) in [4.78, 5) is 23.5. The van der Waals surface area contributed by atoms with E-state index >= 15 is 0 Å². The number of benzene rings is 1. The van der Waals surface area contributed by atoms with Gasteiger partial charge in [0.25, 0.3) is 5.91 Å². The van der Waals surface area contributed by atoms with Crippen molar-refractivity contribution in [3.63, 3.8) is 0 Å². The Kier molecular flexibility index (Phi) is 5.73. The van der Waals surface area contributed by atoms with Crippen LogP contribution in [-0.2, 0) is 24.1 Å².